The largest absolute Gasteiger partial charge is 0.327 e. The van der Waals surface area contributed by atoms with Crippen molar-refractivity contribution in [3.05, 3.63) is 0 Å². The van der Waals surface area contributed by atoms with Crippen molar-refractivity contribution < 1.29 is 0 Å². The van der Waals surface area contributed by atoms with Crippen LogP contribution >= 0.6 is 0 Å². The van der Waals surface area contributed by atoms with Gasteiger partial charge in [-0.15, -0.1) is 0 Å². The van der Waals surface area contributed by atoms with Gasteiger partial charge in [-0.05, 0) is 31.7 Å². The van der Waals surface area contributed by atoms with Crippen LogP contribution < -0.4 is 5.73 Å². The molecular formula is C13H28N2. The molecule has 0 aliphatic carbocycles. The van der Waals surface area contributed by atoms with E-state index in [9.17, 15) is 0 Å². The lowest BCUT2D eigenvalue weighted by atomic mass is 10.0. The molecule has 2 heteroatoms. The van der Waals surface area contributed by atoms with Gasteiger partial charge in [0.25, 0.3) is 0 Å². The number of unbranched alkanes of at least 4 members (excludes halogenated alkanes) is 1. The quantitative estimate of drug-likeness (QED) is 0.733. The fourth-order valence-electron chi connectivity index (χ4n) is 2.69. The Morgan fingerprint density at radius 1 is 1.40 bits per heavy atom. The predicted molar refractivity (Wildman–Crippen MR) is 66.9 cm³/mol. The highest BCUT2D eigenvalue weighted by Crippen LogP contribution is 2.23. The molecule has 0 saturated carbocycles. The molecule has 15 heavy (non-hydrogen) atoms. The highest BCUT2D eigenvalue weighted by Gasteiger charge is 2.27. The third-order valence-corrected chi connectivity index (χ3v) is 3.58. The maximum atomic E-state index is 6.16. The molecule has 1 fully saturated rings. The zero-order valence-electron chi connectivity index (χ0n) is 10.7. The number of hydrogen-bond donors (Lipinski definition) is 1. The van der Waals surface area contributed by atoms with E-state index < -0.39 is 0 Å². The number of nitrogens with two attached hydrogens (primary N) is 1. The lowest BCUT2D eigenvalue weighted by Crippen LogP contribution is -2.42. The molecule has 90 valence electrons. The molecular weight excluding hydrogens is 184 g/mol. The SMILES string of the molecule is CCCCC(N)CN1CCCC1C(C)C. The minimum atomic E-state index is 0.393. The van der Waals surface area contributed by atoms with Crippen molar-refractivity contribution in [3.8, 4) is 0 Å². The number of rotatable bonds is 6. The van der Waals surface area contributed by atoms with Crippen molar-refractivity contribution in [1.29, 1.82) is 0 Å². The highest BCUT2D eigenvalue weighted by molar-refractivity contribution is 4.83. The maximum absolute atomic E-state index is 6.16. The topological polar surface area (TPSA) is 29.3 Å². The van der Waals surface area contributed by atoms with Gasteiger partial charge in [0.2, 0.25) is 0 Å². The Bertz CT molecular complexity index is 168. The van der Waals surface area contributed by atoms with E-state index in [1.165, 1.54) is 38.6 Å². The molecule has 1 saturated heterocycles. The summed E-state index contributed by atoms with van der Waals surface area (Å²) in [4.78, 5) is 2.62. The average Bonchev–Trinajstić information content (AvgIpc) is 2.62. The molecule has 0 bridgehead atoms. The first-order valence-corrected chi connectivity index (χ1v) is 6.64. The zero-order chi connectivity index (χ0) is 11.3. The smallest absolute Gasteiger partial charge is 0.0167 e. The lowest BCUT2D eigenvalue weighted by molar-refractivity contribution is 0.192. The van der Waals surface area contributed by atoms with E-state index in [-0.39, 0.29) is 0 Å². The molecule has 0 spiro atoms. The molecule has 1 aliphatic heterocycles. The Labute approximate surface area is 95.2 Å². The van der Waals surface area contributed by atoms with E-state index in [4.69, 9.17) is 5.73 Å². The molecule has 0 radical (unpaired) electrons. The van der Waals surface area contributed by atoms with Crippen LogP contribution in [0, 0.1) is 5.92 Å². The van der Waals surface area contributed by atoms with Crippen LogP contribution in [0.1, 0.15) is 52.9 Å². The first-order chi connectivity index (χ1) is 7.15. The third-order valence-electron chi connectivity index (χ3n) is 3.58. The van der Waals surface area contributed by atoms with Crippen LogP contribution in [0.25, 0.3) is 0 Å². The van der Waals surface area contributed by atoms with Gasteiger partial charge < -0.3 is 5.73 Å². The first-order valence-electron chi connectivity index (χ1n) is 6.64. The molecule has 2 nitrogen and oxygen atoms in total. The molecule has 2 N–H and O–H groups in total. The van der Waals surface area contributed by atoms with Crippen LogP contribution in [-0.4, -0.2) is 30.1 Å². The van der Waals surface area contributed by atoms with Gasteiger partial charge in [0, 0.05) is 18.6 Å². The van der Waals surface area contributed by atoms with E-state index >= 15 is 0 Å². The maximum Gasteiger partial charge on any atom is 0.0167 e. The summed E-state index contributed by atoms with van der Waals surface area (Å²) in [7, 11) is 0. The highest BCUT2D eigenvalue weighted by atomic mass is 15.2. The fraction of sp³-hybridized carbons (Fsp3) is 1.00. The summed E-state index contributed by atoms with van der Waals surface area (Å²) < 4.78 is 0. The summed E-state index contributed by atoms with van der Waals surface area (Å²) in [6, 6.07) is 1.18. The van der Waals surface area contributed by atoms with Gasteiger partial charge in [-0.2, -0.15) is 0 Å². The molecule has 1 rings (SSSR count). The Kier molecular flexibility index (Phi) is 5.62. The summed E-state index contributed by atoms with van der Waals surface area (Å²) in [6.45, 7) is 9.28. The zero-order valence-corrected chi connectivity index (χ0v) is 10.7. The summed E-state index contributed by atoms with van der Waals surface area (Å²) in [6.07, 6.45) is 6.47. The molecule has 1 aliphatic rings. The summed E-state index contributed by atoms with van der Waals surface area (Å²) >= 11 is 0. The monoisotopic (exact) mass is 212 g/mol. The van der Waals surface area contributed by atoms with Gasteiger partial charge in [-0.1, -0.05) is 33.6 Å². The van der Waals surface area contributed by atoms with E-state index in [0.29, 0.717) is 6.04 Å². The van der Waals surface area contributed by atoms with Gasteiger partial charge in [0.05, 0.1) is 0 Å². The predicted octanol–water partition coefficient (Wildman–Crippen LogP) is 2.62. The van der Waals surface area contributed by atoms with Gasteiger partial charge >= 0.3 is 0 Å². The number of nitrogens with zero attached hydrogens (tertiary/aromatic N) is 1. The second-order valence-electron chi connectivity index (χ2n) is 5.35. The Hall–Kier alpha value is -0.0800. The summed E-state index contributed by atoms with van der Waals surface area (Å²) in [5.41, 5.74) is 6.16. The van der Waals surface area contributed by atoms with Crippen molar-refractivity contribution in [2.24, 2.45) is 11.7 Å². The summed E-state index contributed by atoms with van der Waals surface area (Å²) in [5, 5.41) is 0. The Morgan fingerprint density at radius 3 is 2.73 bits per heavy atom. The van der Waals surface area contributed by atoms with Crippen LogP contribution in [0.2, 0.25) is 0 Å². The van der Waals surface area contributed by atoms with Crippen molar-refractivity contribution in [1.82, 2.24) is 4.90 Å². The molecule has 0 aromatic carbocycles. The van der Waals surface area contributed by atoms with Gasteiger partial charge in [0.15, 0.2) is 0 Å². The van der Waals surface area contributed by atoms with Gasteiger partial charge in [0.1, 0.15) is 0 Å². The lowest BCUT2D eigenvalue weighted by Gasteiger charge is -2.29. The molecule has 0 aromatic heterocycles. The van der Waals surface area contributed by atoms with Crippen LogP contribution in [0.15, 0.2) is 0 Å². The molecule has 0 amide bonds. The normalized spacial score (nSPS) is 25.0. The van der Waals surface area contributed by atoms with Crippen LogP contribution in [0.5, 0.6) is 0 Å². The fourth-order valence-corrected chi connectivity index (χ4v) is 2.69. The van der Waals surface area contributed by atoms with E-state index in [0.717, 1.165) is 18.5 Å². The minimum absolute atomic E-state index is 0.393. The Balaban J connectivity index is 2.30. The second-order valence-corrected chi connectivity index (χ2v) is 5.35. The van der Waals surface area contributed by atoms with Crippen LogP contribution in [0.3, 0.4) is 0 Å². The third kappa shape index (κ3) is 4.12. The molecule has 2 unspecified atom stereocenters. The van der Waals surface area contributed by atoms with Gasteiger partial charge in [-0.25, -0.2) is 0 Å². The summed E-state index contributed by atoms with van der Waals surface area (Å²) in [5.74, 6) is 0.783. The van der Waals surface area contributed by atoms with Crippen LogP contribution in [-0.2, 0) is 0 Å². The molecule has 1 heterocycles. The van der Waals surface area contributed by atoms with Crippen molar-refractivity contribution in [2.75, 3.05) is 13.1 Å². The van der Waals surface area contributed by atoms with Crippen molar-refractivity contribution in [3.63, 3.8) is 0 Å². The number of hydrogen-bond acceptors (Lipinski definition) is 2. The van der Waals surface area contributed by atoms with E-state index in [1.807, 2.05) is 0 Å². The second kappa shape index (κ2) is 6.49. The standard InChI is InChI=1S/C13H28N2/c1-4-5-7-12(14)10-15-9-6-8-13(15)11(2)3/h11-13H,4-10,14H2,1-3H3. The van der Waals surface area contributed by atoms with E-state index in [2.05, 4.69) is 25.7 Å². The minimum Gasteiger partial charge on any atom is -0.327 e. The van der Waals surface area contributed by atoms with Crippen molar-refractivity contribution in [2.45, 2.75) is 65.0 Å². The molecule has 0 aromatic rings. The van der Waals surface area contributed by atoms with E-state index in [1.54, 1.807) is 0 Å². The number of likely N-dealkylation sites (tertiary alicyclic amines) is 1. The van der Waals surface area contributed by atoms with Crippen LogP contribution in [0.4, 0.5) is 0 Å². The molecule has 2 atom stereocenters. The first kappa shape index (κ1) is 13.0. The van der Waals surface area contributed by atoms with Crippen molar-refractivity contribution >= 4 is 0 Å². The average molecular weight is 212 g/mol. The van der Waals surface area contributed by atoms with Gasteiger partial charge in [-0.3, -0.25) is 4.90 Å². The Morgan fingerprint density at radius 2 is 2.13 bits per heavy atom.